The Morgan fingerprint density at radius 3 is 0.982 bits per heavy atom. The molecule has 2 N–H and O–H groups in total. The highest BCUT2D eigenvalue weighted by Gasteiger charge is 2.43. The summed E-state index contributed by atoms with van der Waals surface area (Å²) in [6.07, 6.45) is 12.3. The van der Waals surface area contributed by atoms with Crippen molar-refractivity contribution in [2.75, 3.05) is 58.9 Å². The van der Waals surface area contributed by atoms with Crippen LogP contribution in [-0.4, -0.2) is 103 Å². The fraction of sp³-hybridized carbons (Fsp3) is 0.857. The number of piperidine rings is 2. The van der Waals surface area contributed by atoms with Gasteiger partial charge < -0.3 is 30.2 Å². The highest BCUT2D eigenvalue weighted by atomic mass is 35.5. The average Bonchev–Trinajstić information content (AvgIpc) is 3.07. The first kappa shape index (κ1) is 46.4. The lowest BCUT2D eigenvalue weighted by atomic mass is 9.78. The van der Waals surface area contributed by atoms with E-state index in [1.54, 1.807) is 0 Å². The fourth-order valence-electron chi connectivity index (χ4n) is 9.30. The van der Waals surface area contributed by atoms with Crippen LogP contribution in [0.1, 0.15) is 160 Å². The normalized spacial score (nSPS) is 19.2. The van der Waals surface area contributed by atoms with E-state index in [0.717, 1.165) is 103 Å². The molecule has 0 aliphatic carbocycles. The number of rotatable bonds is 21. The van der Waals surface area contributed by atoms with Crippen LogP contribution < -0.4 is 30.2 Å². The van der Waals surface area contributed by atoms with Gasteiger partial charge in [0.25, 0.3) is 0 Å². The van der Waals surface area contributed by atoms with Crippen molar-refractivity contribution in [2.45, 2.75) is 194 Å². The van der Waals surface area contributed by atoms with Crippen LogP contribution in [-0.2, 0) is 0 Å². The number of nitrogens with one attached hydrogen (secondary N) is 2. The molecule has 4 heterocycles. The summed E-state index contributed by atoms with van der Waals surface area (Å²) in [5.41, 5.74) is -0.395. The Kier molecular flexibility index (Phi) is 16.7. The van der Waals surface area contributed by atoms with Crippen molar-refractivity contribution in [1.29, 1.82) is 0 Å². The van der Waals surface area contributed by atoms with Crippen molar-refractivity contribution in [2.24, 2.45) is 0 Å². The molecule has 0 unspecified atom stereocenters. The third-order valence-electron chi connectivity index (χ3n) is 11.2. The summed E-state index contributed by atoms with van der Waals surface area (Å²) in [4.78, 5) is 39.1. The van der Waals surface area contributed by atoms with Crippen molar-refractivity contribution < 1.29 is 0 Å². The van der Waals surface area contributed by atoms with Crippen molar-refractivity contribution in [3.63, 3.8) is 0 Å². The molecule has 56 heavy (non-hydrogen) atoms. The van der Waals surface area contributed by atoms with E-state index in [0.29, 0.717) is 36.9 Å². The monoisotopic (exact) mass is 819 g/mol. The lowest BCUT2D eigenvalue weighted by Crippen LogP contribution is -2.64. The predicted octanol–water partition coefficient (Wildman–Crippen LogP) is 9.11. The van der Waals surface area contributed by atoms with Crippen LogP contribution in [0.4, 0.5) is 23.8 Å². The van der Waals surface area contributed by atoms with Gasteiger partial charge in [0.15, 0.2) is 0 Å². The Morgan fingerprint density at radius 2 is 0.714 bits per heavy atom. The molecule has 0 bridgehead atoms. The van der Waals surface area contributed by atoms with Crippen LogP contribution in [0, 0.1) is 0 Å². The molecule has 12 nitrogen and oxygen atoms in total. The predicted molar refractivity (Wildman–Crippen MR) is 237 cm³/mol. The molecule has 2 aliphatic heterocycles. The third-order valence-corrected chi connectivity index (χ3v) is 11.5. The number of aromatic nitrogens is 6. The van der Waals surface area contributed by atoms with Gasteiger partial charge in [-0.15, -0.1) is 0 Å². The van der Waals surface area contributed by atoms with E-state index in [1.165, 1.54) is 0 Å². The number of halogens is 2. The average molecular weight is 820 g/mol. The Hall–Kier alpha value is -2.28. The summed E-state index contributed by atoms with van der Waals surface area (Å²) in [5.74, 6) is 2.57. The van der Waals surface area contributed by atoms with E-state index >= 15 is 0 Å². The minimum Gasteiger partial charge on any atom is -0.341 e. The summed E-state index contributed by atoms with van der Waals surface area (Å²) in [5, 5.41) is 8.24. The summed E-state index contributed by atoms with van der Waals surface area (Å²) in [6.45, 7) is 32.1. The zero-order valence-corrected chi connectivity index (χ0v) is 38.6. The third kappa shape index (κ3) is 13.7. The number of nitrogens with zero attached hydrogens (tertiary/aromatic N) is 10. The zero-order valence-electron chi connectivity index (χ0n) is 37.1. The lowest BCUT2D eigenvalue weighted by molar-refractivity contribution is 0.153. The Labute approximate surface area is 350 Å². The minimum atomic E-state index is -0.0988. The number of anilines is 4. The van der Waals surface area contributed by atoms with Crippen LogP contribution >= 0.6 is 23.2 Å². The Balaban J connectivity index is 1.84. The first-order chi connectivity index (χ1) is 26.3. The van der Waals surface area contributed by atoms with E-state index in [-0.39, 0.29) is 44.8 Å². The maximum Gasteiger partial charge on any atom is 0.231 e. The van der Waals surface area contributed by atoms with Crippen LogP contribution in [0.3, 0.4) is 0 Å². The number of hydrogen-bond donors (Lipinski definition) is 2. The van der Waals surface area contributed by atoms with E-state index in [4.69, 9.17) is 53.1 Å². The summed E-state index contributed by atoms with van der Waals surface area (Å²) in [7, 11) is 0. The number of unbranched alkanes of at least 4 members (excludes halogenated alkanes) is 4. The van der Waals surface area contributed by atoms with Crippen LogP contribution in [0.25, 0.3) is 0 Å². The van der Waals surface area contributed by atoms with Gasteiger partial charge in [-0.1, -0.05) is 53.4 Å². The van der Waals surface area contributed by atoms with Gasteiger partial charge in [0.05, 0.1) is 0 Å². The molecule has 2 aromatic heterocycles. The molecule has 0 saturated carbocycles. The first-order valence-corrected chi connectivity index (χ1v) is 22.5. The highest BCUT2D eigenvalue weighted by Crippen LogP contribution is 2.36. The quantitative estimate of drug-likeness (QED) is 0.125. The molecule has 2 aliphatic rings. The van der Waals surface area contributed by atoms with E-state index < -0.39 is 0 Å². The second kappa shape index (κ2) is 20.1. The summed E-state index contributed by atoms with van der Waals surface area (Å²) < 4.78 is 0. The Morgan fingerprint density at radius 1 is 0.446 bits per heavy atom. The topological polar surface area (TPSA) is 114 Å². The SMILES string of the molecule is CCCCN(CCCC)c1nc(Cl)nc(N(CCN(c2nc(Cl)nc(N(CCCC)CCCC)n2)C2CC(C)(C)NC(C)(C)C2)C2CC(C)(C)NC(C)(C)C2)n1. The van der Waals surface area contributed by atoms with Gasteiger partial charge in [-0.3, -0.25) is 0 Å². The molecule has 0 radical (unpaired) electrons. The molecule has 14 heteroatoms. The van der Waals surface area contributed by atoms with Gasteiger partial charge in [-0.2, -0.15) is 29.9 Å². The fourth-order valence-corrected chi connectivity index (χ4v) is 9.61. The molecule has 2 saturated heterocycles. The van der Waals surface area contributed by atoms with E-state index in [1.807, 2.05) is 0 Å². The van der Waals surface area contributed by atoms with E-state index in [9.17, 15) is 0 Å². The van der Waals surface area contributed by atoms with Gasteiger partial charge in [-0.25, -0.2) is 0 Å². The molecule has 0 aromatic carbocycles. The first-order valence-electron chi connectivity index (χ1n) is 21.7. The summed E-state index contributed by atoms with van der Waals surface area (Å²) >= 11 is 13.7. The molecular weight excluding hydrogens is 743 g/mol. The van der Waals surface area contributed by atoms with Crippen molar-refractivity contribution >= 4 is 47.0 Å². The second-order valence-electron chi connectivity index (χ2n) is 19.1. The lowest BCUT2D eigenvalue weighted by Gasteiger charge is -2.51. The smallest absolute Gasteiger partial charge is 0.231 e. The minimum absolute atomic E-state index is 0.0988. The zero-order chi connectivity index (χ0) is 41.3. The van der Waals surface area contributed by atoms with Crippen molar-refractivity contribution in [3.8, 4) is 0 Å². The van der Waals surface area contributed by atoms with Crippen LogP contribution in [0.5, 0.6) is 0 Å². The van der Waals surface area contributed by atoms with Gasteiger partial charge in [0.2, 0.25) is 34.4 Å². The van der Waals surface area contributed by atoms with E-state index in [2.05, 4.69) is 113 Å². The standard InChI is InChI=1S/C42H76Cl2N12/c1-13-17-21-53(22-18-14-2)35-45-33(43)47-37(49-35)55(31-27-39(5,6)51-40(7,8)28-31)25-26-56(32-29-41(9,10)52-42(11,12)30-32)38-48-34(44)46-36(50-38)54(23-19-15-3)24-20-16-4/h31-32,51-52H,13-30H2,1-12H3. The molecule has 2 fully saturated rings. The number of hydrogen-bond acceptors (Lipinski definition) is 12. The molecule has 0 amide bonds. The maximum absolute atomic E-state index is 6.85. The molecular formula is C42H76Cl2N12. The molecule has 318 valence electrons. The van der Waals surface area contributed by atoms with Crippen molar-refractivity contribution in [1.82, 2.24) is 40.5 Å². The van der Waals surface area contributed by atoms with Gasteiger partial charge >= 0.3 is 0 Å². The van der Waals surface area contributed by atoms with Crippen molar-refractivity contribution in [3.05, 3.63) is 10.6 Å². The van der Waals surface area contributed by atoms with Gasteiger partial charge in [0.1, 0.15) is 0 Å². The molecule has 2 aromatic rings. The molecule has 4 rings (SSSR count). The Bertz CT molecular complexity index is 1360. The summed E-state index contributed by atoms with van der Waals surface area (Å²) in [6, 6.07) is 0.289. The van der Waals surface area contributed by atoms with Crippen LogP contribution in [0.2, 0.25) is 10.6 Å². The molecule has 0 atom stereocenters. The molecule has 0 spiro atoms. The maximum atomic E-state index is 6.85. The van der Waals surface area contributed by atoms with Crippen LogP contribution in [0.15, 0.2) is 0 Å². The highest BCUT2D eigenvalue weighted by molar-refractivity contribution is 6.28. The second-order valence-corrected chi connectivity index (χ2v) is 19.8. The van der Waals surface area contributed by atoms with Gasteiger partial charge in [-0.05, 0) is 130 Å². The largest absolute Gasteiger partial charge is 0.341 e. The van der Waals surface area contributed by atoms with Gasteiger partial charge in [0, 0.05) is 73.5 Å².